The molecule has 0 saturated carbocycles. The zero-order chi connectivity index (χ0) is 16.8. The average molecular weight is 312 g/mol. The third-order valence-corrected chi connectivity index (χ3v) is 2.98. The molecule has 0 aromatic heterocycles. The van der Waals surface area contributed by atoms with E-state index in [0.717, 1.165) is 0 Å². The number of methoxy groups -OCH3 is 1. The predicted octanol–water partition coefficient (Wildman–Crippen LogP) is 3.09. The summed E-state index contributed by atoms with van der Waals surface area (Å²) in [4.78, 5) is 12.1. The Labute approximate surface area is 132 Å². The molecular weight excluding hydrogens is 299 g/mol. The van der Waals surface area contributed by atoms with Gasteiger partial charge in [0.25, 0.3) is 5.91 Å². The Balaban J connectivity index is 2.23. The van der Waals surface area contributed by atoms with Crippen molar-refractivity contribution in [2.24, 2.45) is 0 Å². The Kier molecular flexibility index (Phi) is 4.95. The summed E-state index contributed by atoms with van der Waals surface area (Å²) in [7, 11) is 1.40. The number of carbonyl (C=O) groups is 1. The number of nitriles is 1. The lowest BCUT2D eigenvalue weighted by Gasteiger charge is -2.06. The summed E-state index contributed by atoms with van der Waals surface area (Å²) >= 11 is 0. The Morgan fingerprint density at radius 3 is 2.61 bits per heavy atom. The molecule has 0 bridgehead atoms. The van der Waals surface area contributed by atoms with Gasteiger partial charge in [0, 0.05) is 5.69 Å². The summed E-state index contributed by atoms with van der Waals surface area (Å²) in [6.07, 6.45) is 1.36. The molecule has 0 saturated heterocycles. The summed E-state index contributed by atoms with van der Waals surface area (Å²) in [5.74, 6) is -0.852. The molecule has 5 nitrogen and oxygen atoms in total. The van der Waals surface area contributed by atoms with Crippen molar-refractivity contribution in [1.29, 1.82) is 5.26 Å². The zero-order valence-corrected chi connectivity index (χ0v) is 12.2. The number of ether oxygens (including phenoxy) is 1. The topological polar surface area (TPSA) is 82.3 Å². The Morgan fingerprint density at radius 2 is 2.00 bits per heavy atom. The molecule has 23 heavy (non-hydrogen) atoms. The monoisotopic (exact) mass is 312 g/mol. The van der Waals surface area contributed by atoms with Crippen molar-refractivity contribution >= 4 is 17.7 Å². The van der Waals surface area contributed by atoms with Crippen molar-refractivity contribution in [2.75, 3.05) is 12.4 Å². The van der Waals surface area contributed by atoms with Gasteiger partial charge in [0.2, 0.25) is 0 Å². The predicted molar refractivity (Wildman–Crippen MR) is 83.3 cm³/mol. The molecule has 2 aromatic carbocycles. The number of nitrogens with zero attached hydrogens (tertiary/aromatic N) is 1. The lowest BCUT2D eigenvalue weighted by Crippen LogP contribution is -2.13. The molecule has 1 amide bonds. The van der Waals surface area contributed by atoms with Gasteiger partial charge < -0.3 is 15.2 Å². The number of hydrogen-bond donors (Lipinski definition) is 2. The fourth-order valence-electron chi connectivity index (χ4n) is 1.83. The highest BCUT2D eigenvalue weighted by atomic mass is 19.1. The van der Waals surface area contributed by atoms with Crippen molar-refractivity contribution in [2.45, 2.75) is 0 Å². The molecule has 2 rings (SSSR count). The SMILES string of the molecule is COc1cc(/C=C(\C#N)C(=O)Nc2ccc(F)cc2)ccc1O. The van der Waals surface area contributed by atoms with Gasteiger partial charge in [-0.15, -0.1) is 0 Å². The molecule has 0 radical (unpaired) electrons. The summed E-state index contributed by atoms with van der Waals surface area (Å²) < 4.78 is 17.8. The van der Waals surface area contributed by atoms with Crippen molar-refractivity contribution in [1.82, 2.24) is 0 Å². The number of phenols is 1. The standard InChI is InChI=1S/C17H13FN2O3/c1-23-16-9-11(2-7-15(16)21)8-12(10-19)17(22)20-14-5-3-13(18)4-6-14/h2-9,21H,1H3,(H,20,22)/b12-8+. The maximum Gasteiger partial charge on any atom is 0.266 e. The van der Waals surface area contributed by atoms with Crippen LogP contribution < -0.4 is 10.1 Å². The van der Waals surface area contributed by atoms with E-state index in [1.807, 2.05) is 0 Å². The molecule has 0 aliphatic rings. The van der Waals surface area contributed by atoms with Gasteiger partial charge in [-0.25, -0.2) is 4.39 Å². The lowest BCUT2D eigenvalue weighted by molar-refractivity contribution is -0.112. The minimum atomic E-state index is -0.619. The molecule has 2 N–H and O–H groups in total. The van der Waals surface area contributed by atoms with Crippen molar-refractivity contribution in [3.8, 4) is 17.6 Å². The molecule has 0 fully saturated rings. The van der Waals surface area contributed by atoms with Crippen LogP contribution in [0.15, 0.2) is 48.0 Å². The molecule has 0 unspecified atom stereocenters. The molecule has 2 aromatic rings. The highest BCUT2D eigenvalue weighted by Gasteiger charge is 2.10. The van der Waals surface area contributed by atoms with Crippen LogP contribution in [-0.4, -0.2) is 18.1 Å². The number of benzene rings is 2. The van der Waals surface area contributed by atoms with Crippen LogP contribution in [0.2, 0.25) is 0 Å². The molecule has 0 aliphatic carbocycles. The first-order valence-electron chi connectivity index (χ1n) is 6.59. The number of nitrogens with one attached hydrogen (secondary N) is 1. The van der Waals surface area contributed by atoms with E-state index in [1.165, 1.54) is 49.6 Å². The van der Waals surface area contributed by atoms with Crippen LogP contribution >= 0.6 is 0 Å². The summed E-state index contributed by atoms with van der Waals surface area (Å²) in [6.45, 7) is 0. The number of phenolic OH excluding ortho intramolecular Hbond substituents is 1. The molecule has 0 aliphatic heterocycles. The summed E-state index contributed by atoms with van der Waals surface area (Å²) in [6, 6.07) is 11.4. The number of carbonyl (C=O) groups excluding carboxylic acids is 1. The van der Waals surface area contributed by atoms with Crippen molar-refractivity contribution in [3.05, 3.63) is 59.4 Å². The van der Waals surface area contributed by atoms with Gasteiger partial charge in [-0.1, -0.05) is 6.07 Å². The minimum absolute atomic E-state index is 0.0427. The van der Waals surface area contributed by atoms with Gasteiger partial charge in [0.05, 0.1) is 7.11 Å². The fraction of sp³-hybridized carbons (Fsp3) is 0.0588. The maximum absolute atomic E-state index is 12.8. The average Bonchev–Trinajstić information content (AvgIpc) is 2.56. The quantitative estimate of drug-likeness (QED) is 0.671. The first-order chi connectivity index (χ1) is 11.0. The van der Waals surface area contributed by atoms with Crippen LogP contribution in [0, 0.1) is 17.1 Å². The highest BCUT2D eigenvalue weighted by Crippen LogP contribution is 2.27. The fourth-order valence-corrected chi connectivity index (χ4v) is 1.83. The van der Waals surface area contributed by atoms with Gasteiger partial charge in [-0.3, -0.25) is 4.79 Å². The zero-order valence-electron chi connectivity index (χ0n) is 12.2. The summed E-state index contributed by atoms with van der Waals surface area (Å²) in [5.41, 5.74) is 0.758. The van der Waals surface area contributed by atoms with E-state index in [1.54, 1.807) is 12.1 Å². The van der Waals surface area contributed by atoms with E-state index in [2.05, 4.69) is 5.32 Å². The highest BCUT2D eigenvalue weighted by molar-refractivity contribution is 6.09. The van der Waals surface area contributed by atoms with Gasteiger partial charge >= 0.3 is 0 Å². The molecule has 6 heteroatoms. The largest absolute Gasteiger partial charge is 0.504 e. The molecule has 116 valence electrons. The third kappa shape index (κ3) is 4.08. The van der Waals surface area contributed by atoms with E-state index in [-0.39, 0.29) is 17.1 Å². The minimum Gasteiger partial charge on any atom is -0.504 e. The van der Waals surface area contributed by atoms with Crippen LogP contribution in [0.25, 0.3) is 6.08 Å². The first kappa shape index (κ1) is 16.0. The number of halogens is 1. The van der Waals surface area contributed by atoms with E-state index >= 15 is 0 Å². The van der Waals surface area contributed by atoms with Gasteiger partial charge in [0.1, 0.15) is 17.5 Å². The molecule has 0 heterocycles. The number of amides is 1. The Morgan fingerprint density at radius 1 is 1.30 bits per heavy atom. The van der Waals surface area contributed by atoms with E-state index in [0.29, 0.717) is 11.3 Å². The molecule has 0 atom stereocenters. The van der Waals surface area contributed by atoms with Crippen LogP contribution in [0.5, 0.6) is 11.5 Å². The van der Waals surface area contributed by atoms with E-state index in [4.69, 9.17) is 10.00 Å². The number of aromatic hydroxyl groups is 1. The normalized spacial score (nSPS) is 10.7. The van der Waals surface area contributed by atoms with Gasteiger partial charge in [-0.05, 0) is 48.0 Å². The smallest absolute Gasteiger partial charge is 0.266 e. The molecule has 0 spiro atoms. The second kappa shape index (κ2) is 7.09. The van der Waals surface area contributed by atoms with Crippen LogP contribution in [-0.2, 0) is 4.79 Å². The third-order valence-electron chi connectivity index (χ3n) is 2.98. The second-order valence-corrected chi connectivity index (χ2v) is 4.56. The number of rotatable bonds is 4. The first-order valence-corrected chi connectivity index (χ1v) is 6.59. The lowest BCUT2D eigenvalue weighted by atomic mass is 10.1. The Hall–Kier alpha value is -3.33. The number of hydrogen-bond acceptors (Lipinski definition) is 4. The Bertz CT molecular complexity index is 792. The van der Waals surface area contributed by atoms with E-state index < -0.39 is 11.7 Å². The van der Waals surface area contributed by atoms with E-state index in [9.17, 15) is 14.3 Å². The second-order valence-electron chi connectivity index (χ2n) is 4.56. The van der Waals surface area contributed by atoms with Crippen molar-refractivity contribution < 1.29 is 19.0 Å². The van der Waals surface area contributed by atoms with Crippen molar-refractivity contribution in [3.63, 3.8) is 0 Å². The van der Waals surface area contributed by atoms with Crippen LogP contribution in [0.4, 0.5) is 10.1 Å². The summed E-state index contributed by atoms with van der Waals surface area (Å²) in [5, 5.41) is 21.2. The van der Waals surface area contributed by atoms with Gasteiger partial charge in [-0.2, -0.15) is 5.26 Å². The van der Waals surface area contributed by atoms with Gasteiger partial charge in [0.15, 0.2) is 11.5 Å². The van der Waals surface area contributed by atoms with Crippen LogP contribution in [0.3, 0.4) is 0 Å². The number of anilines is 1. The maximum atomic E-state index is 12.8. The molecular formula is C17H13FN2O3. The van der Waals surface area contributed by atoms with Crippen LogP contribution in [0.1, 0.15) is 5.56 Å².